The van der Waals surface area contributed by atoms with Gasteiger partial charge in [0.1, 0.15) is 6.54 Å². The number of aryl methyl sites for hydroxylation is 1. The number of rotatable bonds is 7. The van der Waals surface area contributed by atoms with Crippen LogP contribution in [0.2, 0.25) is 0 Å². The van der Waals surface area contributed by atoms with E-state index in [2.05, 4.69) is 36.5 Å². The molecule has 1 atom stereocenters. The minimum absolute atomic E-state index is 0.0860. The Hall–Kier alpha value is -2.13. The van der Waals surface area contributed by atoms with Gasteiger partial charge in [0.15, 0.2) is 0 Å². The number of benzene rings is 2. The quantitative estimate of drug-likeness (QED) is 0.808. The molecule has 0 aliphatic heterocycles. The summed E-state index contributed by atoms with van der Waals surface area (Å²) in [7, 11) is 0. The largest absolute Gasteiger partial charge is 0.331 e. The van der Waals surface area contributed by atoms with Crippen molar-refractivity contribution in [1.29, 1.82) is 0 Å². The standard InChI is InChI=1S/C19H24N2O/c1-3-21(15-17-7-5-4-6-8-17)14-13-19(22)20-18-11-9-16(2)10-12-18/h4-12H,3,13-15H2,1-2H3,(H,20,22)/p+1. The van der Waals surface area contributed by atoms with Gasteiger partial charge in [-0.05, 0) is 26.0 Å². The van der Waals surface area contributed by atoms with Crippen LogP contribution in [0.1, 0.15) is 24.5 Å². The van der Waals surface area contributed by atoms with Crippen molar-refractivity contribution in [2.45, 2.75) is 26.8 Å². The second-order valence-electron chi connectivity index (χ2n) is 5.68. The lowest BCUT2D eigenvalue weighted by Gasteiger charge is -2.17. The topological polar surface area (TPSA) is 33.5 Å². The van der Waals surface area contributed by atoms with Crippen molar-refractivity contribution in [2.24, 2.45) is 0 Å². The summed E-state index contributed by atoms with van der Waals surface area (Å²) in [5, 5.41) is 2.96. The zero-order valence-electron chi connectivity index (χ0n) is 13.4. The Morgan fingerprint density at radius 1 is 1.05 bits per heavy atom. The Kier molecular flexibility index (Phi) is 6.16. The van der Waals surface area contributed by atoms with Crippen LogP contribution in [0, 0.1) is 6.92 Å². The lowest BCUT2D eigenvalue weighted by Crippen LogP contribution is -3.10. The number of carbonyl (C=O) groups excluding carboxylic acids is 1. The highest BCUT2D eigenvalue weighted by Gasteiger charge is 2.10. The molecule has 1 unspecified atom stereocenters. The van der Waals surface area contributed by atoms with E-state index in [9.17, 15) is 4.79 Å². The molecule has 3 heteroatoms. The van der Waals surface area contributed by atoms with Crippen molar-refractivity contribution >= 4 is 11.6 Å². The van der Waals surface area contributed by atoms with Crippen molar-refractivity contribution < 1.29 is 9.69 Å². The van der Waals surface area contributed by atoms with Crippen LogP contribution in [-0.4, -0.2) is 19.0 Å². The molecule has 1 amide bonds. The Morgan fingerprint density at radius 3 is 2.36 bits per heavy atom. The molecule has 0 spiro atoms. The molecule has 0 bridgehead atoms. The summed E-state index contributed by atoms with van der Waals surface area (Å²) < 4.78 is 0. The van der Waals surface area contributed by atoms with E-state index in [1.807, 2.05) is 37.3 Å². The van der Waals surface area contributed by atoms with Crippen LogP contribution in [0.15, 0.2) is 54.6 Å². The van der Waals surface area contributed by atoms with E-state index in [0.717, 1.165) is 25.3 Å². The number of hydrogen-bond acceptors (Lipinski definition) is 1. The fraction of sp³-hybridized carbons (Fsp3) is 0.316. The minimum Gasteiger partial charge on any atom is -0.331 e. The summed E-state index contributed by atoms with van der Waals surface area (Å²) >= 11 is 0. The first-order valence-electron chi connectivity index (χ1n) is 7.91. The van der Waals surface area contributed by atoms with E-state index < -0.39 is 0 Å². The summed E-state index contributed by atoms with van der Waals surface area (Å²) in [5.41, 5.74) is 3.39. The number of quaternary nitrogens is 1. The molecule has 2 aromatic carbocycles. The Balaban J connectivity index is 1.79. The maximum Gasteiger partial charge on any atom is 0.230 e. The first-order chi connectivity index (χ1) is 10.7. The van der Waals surface area contributed by atoms with Gasteiger partial charge < -0.3 is 10.2 Å². The third-order valence-corrected chi connectivity index (χ3v) is 3.84. The van der Waals surface area contributed by atoms with Gasteiger partial charge in [-0.25, -0.2) is 0 Å². The van der Waals surface area contributed by atoms with Crippen molar-refractivity contribution in [1.82, 2.24) is 0 Å². The molecular weight excluding hydrogens is 272 g/mol. The molecule has 0 heterocycles. The fourth-order valence-electron chi connectivity index (χ4n) is 2.43. The van der Waals surface area contributed by atoms with Gasteiger partial charge in [-0.3, -0.25) is 4.79 Å². The third kappa shape index (κ3) is 5.34. The smallest absolute Gasteiger partial charge is 0.230 e. The van der Waals surface area contributed by atoms with Crippen LogP contribution in [0.25, 0.3) is 0 Å². The Morgan fingerprint density at radius 2 is 1.73 bits per heavy atom. The molecule has 0 saturated heterocycles. The molecule has 0 aliphatic rings. The molecule has 3 nitrogen and oxygen atoms in total. The predicted molar refractivity (Wildman–Crippen MR) is 90.9 cm³/mol. The molecule has 22 heavy (non-hydrogen) atoms. The van der Waals surface area contributed by atoms with Gasteiger partial charge in [-0.15, -0.1) is 0 Å². The van der Waals surface area contributed by atoms with Gasteiger partial charge in [0.05, 0.1) is 19.5 Å². The van der Waals surface area contributed by atoms with Crippen LogP contribution >= 0.6 is 0 Å². The van der Waals surface area contributed by atoms with Crippen LogP contribution in [0.5, 0.6) is 0 Å². The van der Waals surface area contributed by atoms with E-state index in [1.54, 1.807) is 0 Å². The molecule has 0 fully saturated rings. The summed E-state index contributed by atoms with van der Waals surface area (Å²) in [6, 6.07) is 18.3. The molecule has 2 rings (SSSR count). The molecule has 2 N–H and O–H groups in total. The van der Waals surface area contributed by atoms with Crippen molar-refractivity contribution in [3.8, 4) is 0 Å². The highest BCUT2D eigenvalue weighted by molar-refractivity contribution is 5.90. The summed E-state index contributed by atoms with van der Waals surface area (Å²) in [6.45, 7) is 7.04. The lowest BCUT2D eigenvalue weighted by atomic mass is 10.2. The Labute approximate surface area is 133 Å². The number of amides is 1. The number of hydrogen-bond donors (Lipinski definition) is 2. The average molecular weight is 297 g/mol. The number of anilines is 1. The lowest BCUT2D eigenvalue weighted by molar-refractivity contribution is -0.911. The minimum atomic E-state index is 0.0860. The van der Waals surface area contributed by atoms with Crippen molar-refractivity contribution in [3.63, 3.8) is 0 Å². The summed E-state index contributed by atoms with van der Waals surface area (Å²) in [6.07, 6.45) is 0.546. The normalized spacial score (nSPS) is 11.9. The monoisotopic (exact) mass is 297 g/mol. The fourth-order valence-corrected chi connectivity index (χ4v) is 2.43. The predicted octanol–water partition coefficient (Wildman–Crippen LogP) is 2.43. The highest BCUT2D eigenvalue weighted by Crippen LogP contribution is 2.08. The van der Waals surface area contributed by atoms with E-state index in [-0.39, 0.29) is 5.91 Å². The maximum absolute atomic E-state index is 12.0. The van der Waals surface area contributed by atoms with Crippen molar-refractivity contribution in [2.75, 3.05) is 18.4 Å². The number of nitrogens with one attached hydrogen (secondary N) is 2. The Bertz CT molecular complexity index is 578. The summed E-state index contributed by atoms with van der Waals surface area (Å²) in [4.78, 5) is 13.5. The zero-order valence-corrected chi connectivity index (χ0v) is 13.4. The maximum atomic E-state index is 12.0. The number of carbonyl (C=O) groups is 1. The second-order valence-corrected chi connectivity index (χ2v) is 5.68. The van der Waals surface area contributed by atoms with Crippen LogP contribution in [-0.2, 0) is 11.3 Å². The SMILES string of the molecule is CC[NH+](CCC(=O)Nc1ccc(C)cc1)Cc1ccccc1. The molecule has 0 saturated carbocycles. The van der Waals surface area contributed by atoms with Gasteiger partial charge >= 0.3 is 0 Å². The van der Waals surface area contributed by atoms with Crippen LogP contribution in [0.3, 0.4) is 0 Å². The average Bonchev–Trinajstić information content (AvgIpc) is 2.54. The first-order valence-corrected chi connectivity index (χ1v) is 7.91. The van der Waals surface area contributed by atoms with E-state index >= 15 is 0 Å². The zero-order chi connectivity index (χ0) is 15.8. The molecule has 116 valence electrons. The van der Waals surface area contributed by atoms with E-state index in [1.165, 1.54) is 16.0 Å². The van der Waals surface area contributed by atoms with Gasteiger partial charge in [0, 0.05) is 11.3 Å². The molecule has 0 aromatic heterocycles. The molecule has 2 aromatic rings. The van der Waals surface area contributed by atoms with E-state index in [0.29, 0.717) is 6.42 Å². The van der Waals surface area contributed by atoms with Crippen LogP contribution in [0.4, 0.5) is 5.69 Å². The van der Waals surface area contributed by atoms with Crippen LogP contribution < -0.4 is 10.2 Å². The second kappa shape index (κ2) is 8.35. The highest BCUT2D eigenvalue weighted by atomic mass is 16.1. The van der Waals surface area contributed by atoms with Gasteiger partial charge in [-0.1, -0.05) is 48.0 Å². The van der Waals surface area contributed by atoms with E-state index in [4.69, 9.17) is 0 Å². The summed E-state index contributed by atoms with van der Waals surface area (Å²) in [5.74, 6) is 0.0860. The first kappa shape index (κ1) is 16.2. The third-order valence-electron chi connectivity index (χ3n) is 3.84. The molecule has 0 aliphatic carbocycles. The molecule has 0 radical (unpaired) electrons. The van der Waals surface area contributed by atoms with Gasteiger partial charge in [-0.2, -0.15) is 0 Å². The van der Waals surface area contributed by atoms with Crippen molar-refractivity contribution in [3.05, 3.63) is 65.7 Å². The molecular formula is C19H25N2O+. The van der Waals surface area contributed by atoms with Gasteiger partial charge in [0.2, 0.25) is 5.91 Å². The van der Waals surface area contributed by atoms with Gasteiger partial charge in [0.25, 0.3) is 0 Å².